The maximum atomic E-state index is 12.8. The number of aromatic amines is 1. The number of hydrogen-bond donors (Lipinski definition) is 2. The molecule has 2 aromatic carbocycles. The van der Waals surface area contributed by atoms with E-state index >= 15 is 0 Å². The number of nitrogens with one attached hydrogen (secondary N) is 2. The summed E-state index contributed by atoms with van der Waals surface area (Å²) >= 11 is 0. The van der Waals surface area contributed by atoms with Gasteiger partial charge in [0.25, 0.3) is 10.0 Å². The minimum atomic E-state index is -3.92. The number of hydrogen-bond acceptors (Lipinski definition) is 5. The summed E-state index contributed by atoms with van der Waals surface area (Å²) in [5.74, 6) is -1.19. The Balaban J connectivity index is 1.80. The third kappa shape index (κ3) is 4.72. The lowest BCUT2D eigenvalue weighted by molar-refractivity contribution is 0.0474. The van der Waals surface area contributed by atoms with Crippen LogP contribution in [0.15, 0.2) is 65.7 Å². The number of carbonyl (C=O) groups is 2. The van der Waals surface area contributed by atoms with Gasteiger partial charge in [0.05, 0.1) is 21.8 Å². The van der Waals surface area contributed by atoms with Gasteiger partial charge in [-0.2, -0.15) is 0 Å². The number of anilines is 1. The smallest absolute Gasteiger partial charge is 0.340 e. The molecule has 0 saturated carbocycles. The Bertz CT molecular complexity index is 1150. The molecule has 0 unspecified atom stereocenters. The van der Waals surface area contributed by atoms with Gasteiger partial charge in [0.1, 0.15) is 0 Å². The summed E-state index contributed by atoms with van der Waals surface area (Å²) in [4.78, 5) is 27.3. The van der Waals surface area contributed by atoms with E-state index in [1.807, 2.05) is 6.07 Å². The number of ketones is 1. The summed E-state index contributed by atoms with van der Waals surface area (Å²) in [6.45, 7) is 3.03. The summed E-state index contributed by atoms with van der Waals surface area (Å²) in [5.41, 5.74) is 1.79. The first-order chi connectivity index (χ1) is 13.8. The number of carbonyl (C=O) groups excluding carboxylic acids is 2. The molecule has 1 heterocycles. The molecular weight excluding hydrogens is 392 g/mol. The van der Waals surface area contributed by atoms with Crippen LogP contribution in [0.1, 0.15) is 32.0 Å². The van der Waals surface area contributed by atoms with Crippen LogP contribution in [-0.4, -0.2) is 31.8 Å². The Morgan fingerprint density at radius 1 is 1.03 bits per heavy atom. The van der Waals surface area contributed by atoms with Gasteiger partial charge < -0.3 is 9.72 Å². The Morgan fingerprint density at radius 2 is 1.79 bits per heavy atom. The number of aryl methyl sites for hydroxylation is 2. The maximum Gasteiger partial charge on any atom is 0.340 e. The van der Waals surface area contributed by atoms with E-state index in [0.29, 0.717) is 11.3 Å². The molecule has 0 fully saturated rings. The number of benzene rings is 2. The van der Waals surface area contributed by atoms with Crippen molar-refractivity contribution >= 4 is 27.5 Å². The number of H-pyrrole nitrogens is 1. The minimum absolute atomic E-state index is 0.0145. The molecule has 29 heavy (non-hydrogen) atoms. The SMILES string of the molecule is Cc1ccc(C)c(S(=O)(=O)Nc2ccccc2C(=O)OCC(=O)c2ccc[nH]2)c1. The molecule has 0 saturated heterocycles. The minimum Gasteiger partial charge on any atom is -0.454 e. The standard InChI is InChI=1S/C21H20N2O5S/c1-14-9-10-15(2)20(12-14)29(26,27)23-17-7-4-3-6-16(17)21(25)28-13-19(24)18-8-5-11-22-18/h3-12,22-23H,13H2,1-2H3. The molecule has 2 N–H and O–H groups in total. The average molecular weight is 412 g/mol. The van der Waals surface area contributed by atoms with Crippen molar-refractivity contribution < 1.29 is 22.7 Å². The van der Waals surface area contributed by atoms with Crippen LogP contribution >= 0.6 is 0 Å². The second kappa shape index (κ2) is 8.32. The monoisotopic (exact) mass is 412 g/mol. The van der Waals surface area contributed by atoms with Gasteiger partial charge in [-0.15, -0.1) is 0 Å². The van der Waals surface area contributed by atoms with Crippen LogP contribution in [0.25, 0.3) is 0 Å². The van der Waals surface area contributed by atoms with Crippen molar-refractivity contribution in [2.75, 3.05) is 11.3 Å². The Hall–Kier alpha value is -3.39. The van der Waals surface area contributed by atoms with Crippen LogP contribution in [0, 0.1) is 13.8 Å². The predicted molar refractivity (Wildman–Crippen MR) is 109 cm³/mol. The van der Waals surface area contributed by atoms with Crippen molar-refractivity contribution in [2.24, 2.45) is 0 Å². The normalized spacial score (nSPS) is 11.1. The zero-order chi connectivity index (χ0) is 21.0. The fourth-order valence-corrected chi connectivity index (χ4v) is 4.15. The molecule has 3 aromatic rings. The summed E-state index contributed by atoms with van der Waals surface area (Å²) in [6, 6.07) is 14.4. The molecule has 3 rings (SSSR count). The van der Waals surface area contributed by atoms with E-state index in [9.17, 15) is 18.0 Å². The molecule has 1 aromatic heterocycles. The number of ether oxygens (including phenoxy) is 1. The molecule has 0 aliphatic heterocycles. The van der Waals surface area contributed by atoms with Crippen molar-refractivity contribution in [2.45, 2.75) is 18.7 Å². The van der Waals surface area contributed by atoms with Gasteiger partial charge >= 0.3 is 5.97 Å². The highest BCUT2D eigenvalue weighted by atomic mass is 32.2. The third-order valence-electron chi connectivity index (χ3n) is 4.26. The van der Waals surface area contributed by atoms with Crippen LogP contribution in [-0.2, 0) is 14.8 Å². The first-order valence-electron chi connectivity index (χ1n) is 8.81. The van der Waals surface area contributed by atoms with Gasteiger partial charge in [0, 0.05) is 6.20 Å². The van der Waals surface area contributed by atoms with E-state index in [4.69, 9.17) is 4.74 Å². The molecular formula is C21H20N2O5S. The van der Waals surface area contributed by atoms with Crippen molar-refractivity contribution in [3.05, 3.63) is 83.2 Å². The zero-order valence-corrected chi connectivity index (χ0v) is 16.7. The molecule has 150 valence electrons. The van der Waals surface area contributed by atoms with Crippen molar-refractivity contribution in [1.29, 1.82) is 0 Å². The molecule has 0 aliphatic rings. The maximum absolute atomic E-state index is 12.8. The summed E-state index contributed by atoms with van der Waals surface area (Å²) in [7, 11) is -3.92. The van der Waals surface area contributed by atoms with Crippen molar-refractivity contribution in [3.8, 4) is 0 Å². The molecule has 0 aliphatic carbocycles. The van der Waals surface area contributed by atoms with Crippen LogP contribution in [0.4, 0.5) is 5.69 Å². The lowest BCUT2D eigenvalue weighted by Gasteiger charge is -2.14. The highest BCUT2D eigenvalue weighted by Crippen LogP contribution is 2.23. The topological polar surface area (TPSA) is 105 Å². The molecule has 0 bridgehead atoms. The van der Waals surface area contributed by atoms with Gasteiger partial charge in [-0.1, -0.05) is 24.3 Å². The van der Waals surface area contributed by atoms with Crippen LogP contribution in [0.5, 0.6) is 0 Å². The van der Waals surface area contributed by atoms with E-state index in [0.717, 1.165) is 5.56 Å². The van der Waals surface area contributed by atoms with Crippen LogP contribution in [0.2, 0.25) is 0 Å². The van der Waals surface area contributed by atoms with Crippen LogP contribution in [0.3, 0.4) is 0 Å². The summed E-state index contributed by atoms with van der Waals surface area (Å²) in [5, 5.41) is 0. The van der Waals surface area contributed by atoms with Gasteiger partial charge in [-0.25, -0.2) is 13.2 Å². The highest BCUT2D eigenvalue weighted by molar-refractivity contribution is 7.92. The van der Waals surface area contributed by atoms with Gasteiger partial charge in [0.2, 0.25) is 5.78 Å². The number of para-hydroxylation sites is 1. The lowest BCUT2D eigenvalue weighted by Crippen LogP contribution is -2.19. The van der Waals surface area contributed by atoms with E-state index in [1.165, 1.54) is 12.1 Å². The number of sulfonamides is 1. The third-order valence-corrected chi connectivity index (χ3v) is 5.76. The Morgan fingerprint density at radius 3 is 2.52 bits per heavy atom. The number of esters is 1. The van der Waals surface area contributed by atoms with Crippen molar-refractivity contribution in [1.82, 2.24) is 4.98 Å². The van der Waals surface area contributed by atoms with E-state index in [-0.39, 0.29) is 16.1 Å². The molecule has 7 nitrogen and oxygen atoms in total. The van der Waals surface area contributed by atoms with E-state index in [1.54, 1.807) is 56.4 Å². The van der Waals surface area contributed by atoms with Crippen molar-refractivity contribution in [3.63, 3.8) is 0 Å². The molecule has 0 atom stereocenters. The lowest BCUT2D eigenvalue weighted by atomic mass is 10.2. The van der Waals surface area contributed by atoms with Gasteiger partial charge in [0.15, 0.2) is 6.61 Å². The first-order valence-corrected chi connectivity index (χ1v) is 10.3. The van der Waals surface area contributed by atoms with Gasteiger partial charge in [-0.05, 0) is 55.3 Å². The number of rotatable bonds is 7. The largest absolute Gasteiger partial charge is 0.454 e. The second-order valence-corrected chi connectivity index (χ2v) is 8.15. The van der Waals surface area contributed by atoms with E-state index < -0.39 is 28.4 Å². The second-order valence-electron chi connectivity index (χ2n) is 6.50. The highest BCUT2D eigenvalue weighted by Gasteiger charge is 2.21. The van der Waals surface area contributed by atoms with E-state index in [2.05, 4.69) is 9.71 Å². The quantitative estimate of drug-likeness (QED) is 0.457. The van der Waals surface area contributed by atoms with Crippen LogP contribution < -0.4 is 4.72 Å². The number of Topliss-reactive ketones (excluding diaryl/α,β-unsaturated/α-hetero) is 1. The average Bonchev–Trinajstić information content (AvgIpc) is 3.22. The Kier molecular flexibility index (Phi) is 5.84. The summed E-state index contributed by atoms with van der Waals surface area (Å²) in [6.07, 6.45) is 1.59. The zero-order valence-electron chi connectivity index (χ0n) is 15.9. The molecule has 0 amide bonds. The fourth-order valence-electron chi connectivity index (χ4n) is 2.74. The first kappa shape index (κ1) is 20.3. The molecule has 8 heteroatoms. The number of aromatic nitrogens is 1. The van der Waals surface area contributed by atoms with Gasteiger partial charge in [-0.3, -0.25) is 9.52 Å². The molecule has 0 spiro atoms. The predicted octanol–water partition coefficient (Wildman–Crippen LogP) is 3.47. The molecule has 0 radical (unpaired) electrons. The Labute approximate surface area is 168 Å². The summed E-state index contributed by atoms with van der Waals surface area (Å²) < 4.78 is 33.2. The fraction of sp³-hybridized carbons (Fsp3) is 0.143.